The zero-order chi connectivity index (χ0) is 13.0. The Morgan fingerprint density at radius 2 is 2.00 bits per heavy atom. The zero-order valence-corrected chi connectivity index (χ0v) is 10.2. The lowest BCUT2D eigenvalue weighted by Crippen LogP contribution is -2.25. The van der Waals surface area contributed by atoms with E-state index in [9.17, 15) is 9.59 Å². The highest BCUT2D eigenvalue weighted by Crippen LogP contribution is 2.14. The lowest BCUT2D eigenvalue weighted by Gasteiger charge is -2.09. The molecule has 0 radical (unpaired) electrons. The van der Waals surface area contributed by atoms with E-state index in [-0.39, 0.29) is 12.1 Å². The highest BCUT2D eigenvalue weighted by atomic mass is 16.1. The van der Waals surface area contributed by atoms with Crippen LogP contribution in [0.4, 0.5) is 0 Å². The summed E-state index contributed by atoms with van der Waals surface area (Å²) in [6.45, 7) is 1.97. The summed E-state index contributed by atoms with van der Waals surface area (Å²) < 4.78 is 1.40. The molecule has 0 aliphatic rings. The Bertz CT molecular complexity index is 603. The van der Waals surface area contributed by atoms with Gasteiger partial charge in [-0.3, -0.25) is 9.36 Å². The van der Waals surface area contributed by atoms with Crippen LogP contribution in [-0.4, -0.2) is 15.8 Å². The molecule has 1 aromatic carbocycles. The first kappa shape index (κ1) is 12.2. The van der Waals surface area contributed by atoms with Crippen LogP contribution in [0.2, 0.25) is 0 Å². The molecule has 0 saturated carbocycles. The molecule has 0 N–H and O–H groups in total. The van der Waals surface area contributed by atoms with Crippen LogP contribution in [0.1, 0.15) is 12.7 Å². The highest BCUT2D eigenvalue weighted by Gasteiger charge is 2.07. The monoisotopic (exact) mass is 242 g/mol. The molecule has 0 fully saturated rings. The fraction of sp³-hybridized carbons (Fsp3) is 0.214. The summed E-state index contributed by atoms with van der Waals surface area (Å²) in [5, 5.41) is 0. The molecule has 1 heterocycles. The largest absolute Gasteiger partial charge is 0.301 e. The maximum Gasteiger partial charge on any atom is 0.254 e. The van der Waals surface area contributed by atoms with Gasteiger partial charge in [-0.1, -0.05) is 37.3 Å². The lowest BCUT2D eigenvalue weighted by atomic mass is 10.1. The van der Waals surface area contributed by atoms with E-state index in [0.717, 1.165) is 5.56 Å². The first-order valence-corrected chi connectivity index (χ1v) is 5.86. The summed E-state index contributed by atoms with van der Waals surface area (Å²) in [4.78, 5) is 27.0. The summed E-state index contributed by atoms with van der Waals surface area (Å²) in [6, 6.07) is 11.0. The van der Waals surface area contributed by atoms with Gasteiger partial charge in [0.05, 0.1) is 12.2 Å². The maximum atomic E-state index is 11.9. The molecule has 0 unspecified atom stereocenters. The Balaban J connectivity index is 2.56. The van der Waals surface area contributed by atoms with Crippen LogP contribution in [0.25, 0.3) is 11.3 Å². The van der Waals surface area contributed by atoms with Crippen molar-refractivity contribution in [1.29, 1.82) is 0 Å². The van der Waals surface area contributed by atoms with Crippen LogP contribution < -0.4 is 5.56 Å². The van der Waals surface area contributed by atoms with Crippen molar-refractivity contribution in [2.45, 2.75) is 19.9 Å². The second-order valence-electron chi connectivity index (χ2n) is 3.89. The molecule has 0 bridgehead atoms. The molecule has 0 amide bonds. The number of hydrogen-bond donors (Lipinski definition) is 0. The van der Waals surface area contributed by atoms with Crippen molar-refractivity contribution in [2.24, 2.45) is 0 Å². The minimum Gasteiger partial charge on any atom is -0.301 e. The van der Waals surface area contributed by atoms with E-state index in [4.69, 9.17) is 0 Å². The molecule has 2 aromatic rings. The van der Waals surface area contributed by atoms with Crippen molar-refractivity contribution >= 4 is 6.29 Å². The minimum atomic E-state index is -0.187. The molecule has 92 valence electrons. The first-order chi connectivity index (χ1) is 8.76. The fourth-order valence-electron chi connectivity index (χ4n) is 1.85. The number of hydrogen-bond acceptors (Lipinski definition) is 3. The summed E-state index contributed by atoms with van der Waals surface area (Å²) >= 11 is 0. The van der Waals surface area contributed by atoms with Gasteiger partial charge in [-0.25, -0.2) is 4.98 Å². The molecule has 2 rings (SSSR count). The third-order valence-electron chi connectivity index (χ3n) is 2.73. The minimum absolute atomic E-state index is 0.0596. The molecular weight excluding hydrogens is 228 g/mol. The van der Waals surface area contributed by atoms with Crippen molar-refractivity contribution < 1.29 is 4.79 Å². The summed E-state index contributed by atoms with van der Waals surface area (Å²) in [5.41, 5.74) is 1.37. The molecule has 0 saturated heterocycles. The SMILES string of the molecule is CCc1nc(-c2ccccc2)cc(=O)n1CC=O. The topological polar surface area (TPSA) is 52.0 Å². The third-order valence-corrected chi connectivity index (χ3v) is 2.73. The summed E-state index contributed by atoms with van der Waals surface area (Å²) in [7, 11) is 0. The van der Waals surface area contributed by atoms with Crippen LogP contribution in [0.3, 0.4) is 0 Å². The molecule has 4 nitrogen and oxygen atoms in total. The van der Waals surface area contributed by atoms with Gasteiger partial charge >= 0.3 is 0 Å². The standard InChI is InChI=1S/C14H14N2O2/c1-2-13-15-12(11-6-4-3-5-7-11)10-14(18)16(13)8-9-17/h3-7,9-10H,2,8H2,1H3. The Morgan fingerprint density at radius 1 is 1.28 bits per heavy atom. The zero-order valence-electron chi connectivity index (χ0n) is 10.2. The second-order valence-corrected chi connectivity index (χ2v) is 3.89. The summed E-state index contributed by atoms with van der Waals surface area (Å²) in [5.74, 6) is 0.633. The lowest BCUT2D eigenvalue weighted by molar-refractivity contribution is -0.108. The molecule has 0 aliphatic carbocycles. The second kappa shape index (κ2) is 5.40. The van der Waals surface area contributed by atoms with Gasteiger partial charge in [0.2, 0.25) is 0 Å². The van der Waals surface area contributed by atoms with E-state index in [2.05, 4.69) is 4.98 Å². The van der Waals surface area contributed by atoms with Crippen molar-refractivity contribution in [2.75, 3.05) is 0 Å². The number of aromatic nitrogens is 2. The first-order valence-electron chi connectivity index (χ1n) is 5.86. The predicted octanol–water partition coefficient (Wildman–Crippen LogP) is 1.67. The van der Waals surface area contributed by atoms with E-state index < -0.39 is 0 Å². The maximum absolute atomic E-state index is 11.9. The van der Waals surface area contributed by atoms with Gasteiger partial charge in [0, 0.05) is 18.1 Å². The van der Waals surface area contributed by atoms with Crippen molar-refractivity contribution in [3.8, 4) is 11.3 Å². The van der Waals surface area contributed by atoms with Crippen LogP contribution in [0, 0.1) is 0 Å². The number of carbonyl (C=O) groups is 1. The fourth-order valence-corrected chi connectivity index (χ4v) is 1.85. The molecule has 0 aliphatic heterocycles. The normalized spacial score (nSPS) is 10.3. The number of carbonyl (C=O) groups excluding carboxylic acids is 1. The van der Waals surface area contributed by atoms with Crippen molar-refractivity contribution in [3.63, 3.8) is 0 Å². The highest BCUT2D eigenvalue weighted by molar-refractivity contribution is 5.58. The third kappa shape index (κ3) is 2.37. The Morgan fingerprint density at radius 3 is 2.61 bits per heavy atom. The van der Waals surface area contributed by atoms with Crippen LogP contribution in [0.15, 0.2) is 41.2 Å². The van der Waals surface area contributed by atoms with E-state index in [1.165, 1.54) is 10.6 Å². The number of nitrogens with zero attached hydrogens (tertiary/aromatic N) is 2. The van der Waals surface area contributed by atoms with Crippen LogP contribution in [0.5, 0.6) is 0 Å². The number of rotatable bonds is 4. The average Bonchev–Trinajstić information content (AvgIpc) is 2.42. The Hall–Kier alpha value is -2.23. The van der Waals surface area contributed by atoms with Gasteiger partial charge in [-0.05, 0) is 0 Å². The molecule has 1 aromatic heterocycles. The molecule has 0 spiro atoms. The number of aldehydes is 1. The van der Waals surface area contributed by atoms with Gasteiger partial charge in [0.25, 0.3) is 5.56 Å². The van der Waals surface area contributed by atoms with E-state index in [0.29, 0.717) is 24.2 Å². The molecular formula is C14H14N2O2. The summed E-state index contributed by atoms with van der Waals surface area (Å²) in [6.07, 6.45) is 1.33. The quantitative estimate of drug-likeness (QED) is 0.766. The predicted molar refractivity (Wildman–Crippen MR) is 69.4 cm³/mol. The molecule has 18 heavy (non-hydrogen) atoms. The van der Waals surface area contributed by atoms with Crippen molar-refractivity contribution in [1.82, 2.24) is 9.55 Å². The van der Waals surface area contributed by atoms with Gasteiger partial charge in [0.1, 0.15) is 12.1 Å². The molecule has 0 atom stereocenters. The van der Waals surface area contributed by atoms with Crippen LogP contribution in [-0.2, 0) is 17.8 Å². The number of aryl methyl sites for hydroxylation is 1. The average molecular weight is 242 g/mol. The van der Waals surface area contributed by atoms with E-state index in [1.54, 1.807) is 0 Å². The smallest absolute Gasteiger partial charge is 0.254 e. The molecule has 4 heteroatoms. The van der Waals surface area contributed by atoms with Gasteiger partial charge < -0.3 is 4.79 Å². The van der Waals surface area contributed by atoms with Crippen LogP contribution >= 0.6 is 0 Å². The van der Waals surface area contributed by atoms with E-state index in [1.807, 2.05) is 37.3 Å². The van der Waals surface area contributed by atoms with Gasteiger partial charge in [-0.2, -0.15) is 0 Å². The van der Waals surface area contributed by atoms with Gasteiger partial charge in [-0.15, -0.1) is 0 Å². The van der Waals surface area contributed by atoms with Crippen molar-refractivity contribution in [3.05, 3.63) is 52.6 Å². The Labute approximate surface area is 105 Å². The van der Waals surface area contributed by atoms with E-state index >= 15 is 0 Å². The number of benzene rings is 1. The van der Waals surface area contributed by atoms with Gasteiger partial charge in [0.15, 0.2) is 0 Å². The Kier molecular flexibility index (Phi) is 3.67.